The van der Waals surface area contributed by atoms with Gasteiger partial charge in [-0.3, -0.25) is 4.79 Å². The highest BCUT2D eigenvalue weighted by atomic mass is 32.2. The van der Waals surface area contributed by atoms with Gasteiger partial charge in [-0.1, -0.05) is 0 Å². The van der Waals surface area contributed by atoms with E-state index < -0.39 is 15.8 Å². The molecule has 1 saturated carbocycles. The van der Waals surface area contributed by atoms with Crippen molar-refractivity contribution in [3.05, 3.63) is 23.9 Å². The molecule has 1 aromatic heterocycles. The smallest absolute Gasteiger partial charge is 0.341 e. The first kappa shape index (κ1) is 18.2. The molecule has 3 rings (SSSR count). The lowest BCUT2D eigenvalue weighted by molar-refractivity contribution is -0.137. The van der Waals surface area contributed by atoms with E-state index in [0.717, 1.165) is 12.8 Å². The molecule has 1 amide bonds. The van der Waals surface area contributed by atoms with Gasteiger partial charge in [0.05, 0.1) is 17.1 Å². The number of carbonyl (C=O) groups excluding carboxylic acids is 2. The number of hydrogen-bond donors (Lipinski definition) is 0. The summed E-state index contributed by atoms with van der Waals surface area (Å²) >= 11 is 1.33. The highest BCUT2D eigenvalue weighted by Gasteiger charge is 2.42. The van der Waals surface area contributed by atoms with Gasteiger partial charge >= 0.3 is 5.97 Å². The first-order valence-corrected chi connectivity index (χ1v) is 11.1. The van der Waals surface area contributed by atoms with Gasteiger partial charge < -0.3 is 9.64 Å². The minimum Gasteiger partial charge on any atom is -0.452 e. The molecule has 136 valence electrons. The zero-order chi connectivity index (χ0) is 18.0. The van der Waals surface area contributed by atoms with Crippen molar-refractivity contribution in [2.24, 2.45) is 0 Å². The van der Waals surface area contributed by atoms with Crippen LogP contribution in [0.4, 0.5) is 0 Å². The van der Waals surface area contributed by atoms with Crippen LogP contribution in [0.15, 0.2) is 23.4 Å². The first-order chi connectivity index (χ1) is 11.9. The Kier molecular flexibility index (Phi) is 5.33. The first-order valence-electron chi connectivity index (χ1n) is 8.09. The Morgan fingerprint density at radius 2 is 2.08 bits per heavy atom. The zero-order valence-corrected chi connectivity index (χ0v) is 15.5. The average Bonchev–Trinajstić information content (AvgIpc) is 3.36. The number of nitrogens with zero attached hydrogens (tertiary/aromatic N) is 2. The van der Waals surface area contributed by atoms with Crippen molar-refractivity contribution in [1.82, 2.24) is 9.88 Å². The molecule has 9 heteroatoms. The van der Waals surface area contributed by atoms with Crippen LogP contribution >= 0.6 is 11.8 Å². The van der Waals surface area contributed by atoms with Gasteiger partial charge in [-0.2, -0.15) is 0 Å². The maximum absolute atomic E-state index is 12.5. The van der Waals surface area contributed by atoms with Gasteiger partial charge in [-0.05, 0) is 37.7 Å². The Labute approximate surface area is 151 Å². The van der Waals surface area contributed by atoms with Gasteiger partial charge in [0.1, 0.15) is 5.03 Å². The minimum absolute atomic E-state index is 0.00240. The standard InChI is InChI=1S/C16H20N2O5S2/c1-24-15-13(3-2-7-17-15)16(20)23-9-14(19)18(11-4-5-11)12-6-8-25(21,22)10-12/h2-3,7,11-12H,4-6,8-10H2,1H3/t12-/m0/s1. The fourth-order valence-corrected chi connectivity index (χ4v) is 5.29. The summed E-state index contributed by atoms with van der Waals surface area (Å²) in [6.07, 6.45) is 5.59. The number of hydrogen-bond acceptors (Lipinski definition) is 7. The predicted octanol–water partition coefficient (Wildman–Crippen LogP) is 1.14. The summed E-state index contributed by atoms with van der Waals surface area (Å²) in [6.45, 7) is -0.380. The Balaban J connectivity index is 1.63. The van der Waals surface area contributed by atoms with Crippen molar-refractivity contribution in [2.75, 3.05) is 24.4 Å². The monoisotopic (exact) mass is 384 g/mol. The second-order valence-electron chi connectivity index (χ2n) is 6.23. The molecule has 0 aromatic carbocycles. The van der Waals surface area contributed by atoms with Gasteiger partial charge in [0.15, 0.2) is 16.4 Å². The van der Waals surface area contributed by atoms with Crippen molar-refractivity contribution >= 4 is 33.5 Å². The number of thioether (sulfide) groups is 1. The molecule has 0 spiro atoms. The van der Waals surface area contributed by atoms with Crippen LogP contribution in [0.25, 0.3) is 0 Å². The van der Waals surface area contributed by atoms with E-state index in [1.165, 1.54) is 11.8 Å². The number of aromatic nitrogens is 1. The van der Waals surface area contributed by atoms with E-state index >= 15 is 0 Å². The summed E-state index contributed by atoms with van der Waals surface area (Å²) in [5, 5.41) is 0.542. The Morgan fingerprint density at radius 1 is 1.32 bits per heavy atom. The minimum atomic E-state index is -3.08. The molecule has 2 fully saturated rings. The van der Waals surface area contributed by atoms with Crippen molar-refractivity contribution in [1.29, 1.82) is 0 Å². The third-order valence-electron chi connectivity index (χ3n) is 4.34. The van der Waals surface area contributed by atoms with Crippen LogP contribution < -0.4 is 0 Å². The van der Waals surface area contributed by atoms with E-state index in [1.54, 1.807) is 29.5 Å². The molecular weight excluding hydrogens is 364 g/mol. The number of rotatable bonds is 6. The molecule has 0 unspecified atom stereocenters. The normalized spacial score (nSPS) is 21.7. The molecule has 1 aromatic rings. The number of pyridine rings is 1. The van der Waals surface area contributed by atoms with Gasteiger partial charge in [0.2, 0.25) is 0 Å². The molecule has 1 aliphatic carbocycles. The van der Waals surface area contributed by atoms with Crippen molar-refractivity contribution < 1.29 is 22.7 Å². The topological polar surface area (TPSA) is 93.6 Å². The molecule has 0 radical (unpaired) electrons. The average molecular weight is 384 g/mol. The summed E-state index contributed by atoms with van der Waals surface area (Å²) in [4.78, 5) is 30.5. The number of esters is 1. The molecule has 2 heterocycles. The van der Waals surface area contributed by atoms with Crippen molar-refractivity contribution in [2.45, 2.75) is 36.4 Å². The lowest BCUT2D eigenvalue weighted by Gasteiger charge is -2.28. The second-order valence-corrected chi connectivity index (χ2v) is 9.25. The molecule has 1 aliphatic heterocycles. The zero-order valence-electron chi connectivity index (χ0n) is 13.9. The van der Waals surface area contributed by atoms with E-state index in [-0.39, 0.29) is 36.1 Å². The quantitative estimate of drug-likeness (QED) is 0.536. The lowest BCUT2D eigenvalue weighted by Crippen LogP contribution is -2.44. The molecule has 1 saturated heterocycles. The summed E-state index contributed by atoms with van der Waals surface area (Å²) in [7, 11) is -3.08. The van der Waals surface area contributed by atoms with Crippen molar-refractivity contribution in [3.63, 3.8) is 0 Å². The van der Waals surface area contributed by atoms with Gasteiger partial charge in [0.25, 0.3) is 5.91 Å². The van der Waals surface area contributed by atoms with Crippen LogP contribution in [-0.2, 0) is 19.4 Å². The predicted molar refractivity (Wildman–Crippen MR) is 93.2 cm³/mol. The van der Waals surface area contributed by atoms with Crippen LogP contribution in [0, 0.1) is 0 Å². The molecule has 25 heavy (non-hydrogen) atoms. The van der Waals surface area contributed by atoms with Crippen molar-refractivity contribution in [3.8, 4) is 0 Å². The lowest BCUT2D eigenvalue weighted by atomic mass is 10.2. The van der Waals surface area contributed by atoms with Gasteiger partial charge in [-0.15, -0.1) is 11.8 Å². The Bertz CT molecular complexity index is 776. The van der Waals surface area contributed by atoms with E-state index in [1.807, 2.05) is 0 Å². The summed E-state index contributed by atoms with van der Waals surface area (Å²) in [5.74, 6) is -0.809. The molecule has 2 aliphatic rings. The fourth-order valence-electron chi connectivity index (χ4n) is 3.04. The second kappa shape index (κ2) is 7.33. The van der Waals surface area contributed by atoms with Gasteiger partial charge in [-0.25, -0.2) is 18.2 Å². The van der Waals surface area contributed by atoms with E-state index in [4.69, 9.17) is 4.74 Å². The van der Waals surface area contributed by atoms with Crippen LogP contribution in [0.2, 0.25) is 0 Å². The number of ether oxygens (including phenoxy) is 1. The highest BCUT2D eigenvalue weighted by molar-refractivity contribution is 7.98. The van der Waals surface area contributed by atoms with Crippen LogP contribution in [-0.4, -0.2) is 66.6 Å². The number of sulfone groups is 1. The van der Waals surface area contributed by atoms with Crippen LogP contribution in [0.1, 0.15) is 29.6 Å². The number of amides is 1. The van der Waals surface area contributed by atoms with E-state index in [9.17, 15) is 18.0 Å². The molecule has 1 atom stereocenters. The van der Waals surface area contributed by atoms with E-state index in [0.29, 0.717) is 17.0 Å². The Hall–Kier alpha value is -1.61. The molecule has 0 N–H and O–H groups in total. The third kappa shape index (κ3) is 4.33. The molecule has 7 nitrogen and oxygen atoms in total. The Morgan fingerprint density at radius 3 is 2.68 bits per heavy atom. The SMILES string of the molecule is CSc1ncccc1C(=O)OCC(=O)N(C1CC1)[C@H]1CCS(=O)(=O)C1. The maximum Gasteiger partial charge on any atom is 0.341 e. The summed E-state index contributed by atoms with van der Waals surface area (Å²) in [6, 6.07) is 3.01. The third-order valence-corrected chi connectivity index (χ3v) is 6.80. The largest absolute Gasteiger partial charge is 0.452 e. The summed E-state index contributed by atoms with van der Waals surface area (Å²) in [5.41, 5.74) is 0.323. The van der Waals surface area contributed by atoms with Gasteiger partial charge in [0, 0.05) is 18.3 Å². The van der Waals surface area contributed by atoms with Crippen LogP contribution in [0.5, 0.6) is 0 Å². The van der Waals surface area contributed by atoms with Crippen LogP contribution in [0.3, 0.4) is 0 Å². The van der Waals surface area contributed by atoms with E-state index in [2.05, 4.69) is 4.98 Å². The maximum atomic E-state index is 12.5. The molecule has 0 bridgehead atoms. The highest BCUT2D eigenvalue weighted by Crippen LogP contribution is 2.32. The number of carbonyl (C=O) groups is 2. The molecular formula is C16H20N2O5S2. The fraction of sp³-hybridized carbons (Fsp3) is 0.562. The summed E-state index contributed by atoms with van der Waals surface area (Å²) < 4.78 is 28.6.